The van der Waals surface area contributed by atoms with Crippen LogP contribution in [-0.4, -0.2) is 0 Å². The molecule has 0 spiro atoms. The third-order valence-corrected chi connectivity index (χ3v) is 7.27. The molecular formula is C17H25. The molecule has 0 aromatic rings. The normalized spacial score (nSPS) is 60.4. The third-order valence-electron chi connectivity index (χ3n) is 7.27. The minimum absolute atomic E-state index is 1.12. The third kappa shape index (κ3) is 1.31. The maximum atomic E-state index is 2.08. The van der Waals surface area contributed by atoms with Gasteiger partial charge < -0.3 is 0 Å². The molecule has 6 atom stereocenters. The van der Waals surface area contributed by atoms with Crippen LogP contribution in [0.2, 0.25) is 0 Å². The summed E-state index contributed by atoms with van der Waals surface area (Å²) in [5.41, 5.74) is 0. The van der Waals surface area contributed by atoms with Crippen LogP contribution in [-0.2, 0) is 0 Å². The van der Waals surface area contributed by atoms with E-state index in [9.17, 15) is 0 Å². The van der Waals surface area contributed by atoms with Crippen LogP contribution in [0.4, 0.5) is 0 Å². The van der Waals surface area contributed by atoms with E-state index in [2.05, 4.69) is 5.92 Å². The second-order valence-corrected chi connectivity index (χ2v) is 8.13. The SMILES string of the molecule is C1CC2CC1CC2C1[C]2CC3CC(C2)CC1C3. The van der Waals surface area contributed by atoms with Crippen LogP contribution < -0.4 is 0 Å². The highest BCUT2D eigenvalue weighted by Crippen LogP contribution is 2.64. The molecule has 6 aliphatic carbocycles. The predicted octanol–water partition coefficient (Wildman–Crippen LogP) is 4.45. The second kappa shape index (κ2) is 3.31. The maximum absolute atomic E-state index is 2.08. The zero-order valence-corrected chi connectivity index (χ0v) is 10.9. The van der Waals surface area contributed by atoms with Gasteiger partial charge in [0.2, 0.25) is 0 Å². The van der Waals surface area contributed by atoms with Crippen LogP contribution in [0.15, 0.2) is 0 Å². The first-order valence-electron chi connectivity index (χ1n) is 8.21. The first kappa shape index (κ1) is 9.87. The average Bonchev–Trinajstić information content (AvgIpc) is 2.89. The van der Waals surface area contributed by atoms with E-state index in [1.165, 1.54) is 0 Å². The molecule has 6 saturated carbocycles. The van der Waals surface area contributed by atoms with Crippen molar-refractivity contribution in [3.05, 3.63) is 5.92 Å². The van der Waals surface area contributed by atoms with Crippen molar-refractivity contribution < 1.29 is 0 Å². The highest BCUT2D eigenvalue weighted by Gasteiger charge is 2.54. The van der Waals surface area contributed by atoms with Crippen molar-refractivity contribution in [3.8, 4) is 0 Å². The molecule has 0 nitrogen and oxygen atoms in total. The number of hydrogen-bond donors (Lipinski definition) is 0. The van der Waals surface area contributed by atoms with Crippen molar-refractivity contribution in [2.75, 3.05) is 0 Å². The Labute approximate surface area is 106 Å². The summed E-state index contributed by atoms with van der Waals surface area (Å²) in [6.45, 7) is 0. The van der Waals surface area contributed by atoms with Crippen LogP contribution in [0.25, 0.3) is 0 Å². The fourth-order valence-electron chi connectivity index (χ4n) is 7.06. The summed E-state index contributed by atoms with van der Waals surface area (Å²) < 4.78 is 0. The van der Waals surface area contributed by atoms with Crippen LogP contribution in [0.5, 0.6) is 0 Å². The molecule has 0 aliphatic heterocycles. The van der Waals surface area contributed by atoms with Gasteiger partial charge in [-0.2, -0.15) is 0 Å². The van der Waals surface area contributed by atoms with Crippen molar-refractivity contribution in [1.29, 1.82) is 0 Å². The molecule has 6 bridgehead atoms. The quantitative estimate of drug-likeness (QED) is 0.623. The number of hydrogen-bond acceptors (Lipinski definition) is 0. The van der Waals surface area contributed by atoms with E-state index in [1.807, 2.05) is 0 Å². The fourth-order valence-corrected chi connectivity index (χ4v) is 7.06. The smallest absolute Gasteiger partial charge is 0.0199 e. The minimum atomic E-state index is 1.12. The lowest BCUT2D eigenvalue weighted by atomic mass is 9.48. The Hall–Kier alpha value is 0. The minimum Gasteiger partial charge on any atom is -0.0502 e. The van der Waals surface area contributed by atoms with Crippen molar-refractivity contribution in [2.24, 2.45) is 41.4 Å². The van der Waals surface area contributed by atoms with E-state index in [1.54, 1.807) is 57.8 Å². The summed E-state index contributed by atoms with van der Waals surface area (Å²) in [5, 5.41) is 0. The summed E-state index contributed by atoms with van der Waals surface area (Å²) >= 11 is 0. The Bertz CT molecular complexity index is 303. The Morgan fingerprint density at radius 3 is 2.00 bits per heavy atom. The van der Waals surface area contributed by atoms with Gasteiger partial charge in [-0.25, -0.2) is 0 Å². The van der Waals surface area contributed by atoms with E-state index in [4.69, 9.17) is 0 Å². The van der Waals surface area contributed by atoms with Crippen LogP contribution in [0.3, 0.4) is 0 Å². The standard InChI is InChI=1S/C17H25/c1-2-13-4-10(1)9-16(13)17-14-5-11-3-12(7-14)8-15(17)6-11/h10-14,16-17H,1-9H2. The Balaban J connectivity index is 1.44. The Morgan fingerprint density at radius 2 is 1.41 bits per heavy atom. The van der Waals surface area contributed by atoms with Gasteiger partial charge in [-0.3, -0.25) is 0 Å². The van der Waals surface area contributed by atoms with E-state index in [0.717, 1.165) is 41.4 Å². The Kier molecular flexibility index (Phi) is 1.92. The van der Waals surface area contributed by atoms with Gasteiger partial charge in [0.1, 0.15) is 0 Å². The van der Waals surface area contributed by atoms with Crippen molar-refractivity contribution >= 4 is 0 Å². The zero-order valence-electron chi connectivity index (χ0n) is 10.9. The predicted molar refractivity (Wildman–Crippen MR) is 69.2 cm³/mol. The molecule has 93 valence electrons. The van der Waals surface area contributed by atoms with Gasteiger partial charge in [0.25, 0.3) is 0 Å². The first-order valence-corrected chi connectivity index (χ1v) is 8.21. The lowest BCUT2D eigenvalue weighted by Gasteiger charge is -2.57. The number of rotatable bonds is 1. The largest absolute Gasteiger partial charge is 0.0502 e. The number of fused-ring (bicyclic) bond motifs is 2. The summed E-state index contributed by atoms with van der Waals surface area (Å²) in [6.07, 6.45) is 14.4. The molecular weight excluding hydrogens is 204 g/mol. The highest BCUT2D eigenvalue weighted by atomic mass is 14.6. The van der Waals surface area contributed by atoms with Gasteiger partial charge >= 0.3 is 0 Å². The summed E-state index contributed by atoms with van der Waals surface area (Å²) in [6, 6.07) is 0. The second-order valence-electron chi connectivity index (χ2n) is 8.13. The van der Waals surface area contributed by atoms with Gasteiger partial charge in [-0.05, 0) is 98.7 Å². The van der Waals surface area contributed by atoms with Crippen molar-refractivity contribution in [2.45, 2.75) is 57.8 Å². The van der Waals surface area contributed by atoms with Crippen molar-refractivity contribution in [1.82, 2.24) is 0 Å². The molecule has 1 radical (unpaired) electrons. The zero-order chi connectivity index (χ0) is 11.0. The molecule has 17 heavy (non-hydrogen) atoms. The molecule has 6 aliphatic rings. The molecule has 6 fully saturated rings. The van der Waals surface area contributed by atoms with Gasteiger partial charge in [0.05, 0.1) is 0 Å². The highest BCUT2D eigenvalue weighted by molar-refractivity contribution is 5.16. The molecule has 0 heterocycles. The summed E-state index contributed by atoms with van der Waals surface area (Å²) in [5.74, 6) is 10.1. The van der Waals surface area contributed by atoms with E-state index < -0.39 is 0 Å². The monoisotopic (exact) mass is 229 g/mol. The van der Waals surface area contributed by atoms with Gasteiger partial charge in [0, 0.05) is 0 Å². The van der Waals surface area contributed by atoms with E-state index >= 15 is 0 Å². The molecule has 0 N–H and O–H groups in total. The molecule has 6 unspecified atom stereocenters. The van der Waals surface area contributed by atoms with Crippen LogP contribution >= 0.6 is 0 Å². The lowest BCUT2D eigenvalue weighted by Crippen LogP contribution is -2.47. The van der Waals surface area contributed by atoms with Crippen molar-refractivity contribution in [3.63, 3.8) is 0 Å². The summed E-state index contributed by atoms with van der Waals surface area (Å²) in [4.78, 5) is 0. The molecule has 0 aromatic heterocycles. The van der Waals surface area contributed by atoms with Gasteiger partial charge in [0.15, 0.2) is 0 Å². The molecule has 0 heteroatoms. The summed E-state index contributed by atoms with van der Waals surface area (Å²) in [7, 11) is 0. The van der Waals surface area contributed by atoms with Crippen LogP contribution in [0, 0.1) is 47.3 Å². The lowest BCUT2D eigenvalue weighted by molar-refractivity contribution is 0.00237. The van der Waals surface area contributed by atoms with Crippen LogP contribution in [0.1, 0.15) is 57.8 Å². The molecule has 6 rings (SSSR count). The average molecular weight is 229 g/mol. The molecule has 0 saturated heterocycles. The van der Waals surface area contributed by atoms with E-state index in [0.29, 0.717) is 0 Å². The fraction of sp³-hybridized carbons (Fsp3) is 0.941. The maximum Gasteiger partial charge on any atom is -0.0199 e. The van der Waals surface area contributed by atoms with E-state index in [-0.39, 0.29) is 0 Å². The van der Waals surface area contributed by atoms with Gasteiger partial charge in [-0.15, -0.1) is 0 Å². The van der Waals surface area contributed by atoms with Gasteiger partial charge in [-0.1, -0.05) is 6.42 Å². The topological polar surface area (TPSA) is 0 Å². The molecule has 0 amide bonds. The Morgan fingerprint density at radius 1 is 0.647 bits per heavy atom. The first-order chi connectivity index (χ1) is 8.37. The molecule has 0 aromatic carbocycles.